The lowest BCUT2D eigenvalue weighted by Gasteiger charge is -2.10. The summed E-state index contributed by atoms with van der Waals surface area (Å²) in [6.45, 7) is 0.150. The number of imide groups is 1. The predicted molar refractivity (Wildman–Crippen MR) is 86.0 cm³/mol. The zero-order valence-electron chi connectivity index (χ0n) is 12.0. The van der Waals surface area contributed by atoms with Crippen molar-refractivity contribution in [1.29, 1.82) is 0 Å². The molecule has 0 saturated carbocycles. The van der Waals surface area contributed by atoms with E-state index in [2.05, 4.69) is 10.2 Å². The third kappa shape index (κ3) is 2.33. The molecule has 1 aliphatic heterocycles. The van der Waals surface area contributed by atoms with Gasteiger partial charge in [-0.1, -0.05) is 53.8 Å². The lowest BCUT2D eigenvalue weighted by molar-refractivity contribution is 0.0642. The fourth-order valence-corrected chi connectivity index (χ4v) is 3.37. The quantitative estimate of drug-likeness (QED) is 0.696. The van der Waals surface area contributed by atoms with E-state index in [4.69, 9.17) is 0 Å². The summed E-state index contributed by atoms with van der Waals surface area (Å²) in [5.74, 6) is -0.552. The third-order valence-electron chi connectivity index (χ3n) is 3.66. The maximum atomic E-state index is 12.3. The van der Waals surface area contributed by atoms with Gasteiger partial charge in [-0.15, -0.1) is 10.2 Å². The van der Waals surface area contributed by atoms with Crippen molar-refractivity contribution in [3.05, 3.63) is 70.7 Å². The molecule has 0 aliphatic carbocycles. The van der Waals surface area contributed by atoms with Crippen molar-refractivity contribution < 1.29 is 9.59 Å². The van der Waals surface area contributed by atoms with Gasteiger partial charge in [-0.3, -0.25) is 14.5 Å². The minimum absolute atomic E-state index is 0.150. The number of fused-ring (bicyclic) bond motifs is 1. The SMILES string of the molecule is O=C1c2ccccc2C(=O)N1Cc1nnc(-c2ccccc2)s1. The highest BCUT2D eigenvalue weighted by Crippen LogP contribution is 2.27. The van der Waals surface area contributed by atoms with Gasteiger partial charge in [0.05, 0.1) is 17.7 Å². The van der Waals surface area contributed by atoms with Crippen LogP contribution in [-0.4, -0.2) is 26.9 Å². The van der Waals surface area contributed by atoms with Gasteiger partial charge < -0.3 is 0 Å². The molecule has 112 valence electrons. The summed E-state index contributed by atoms with van der Waals surface area (Å²) < 4.78 is 0. The first-order valence-electron chi connectivity index (χ1n) is 7.07. The second-order valence-electron chi connectivity index (χ2n) is 5.11. The van der Waals surface area contributed by atoms with E-state index in [1.807, 2.05) is 30.3 Å². The van der Waals surface area contributed by atoms with Crippen LogP contribution in [0.2, 0.25) is 0 Å². The van der Waals surface area contributed by atoms with Gasteiger partial charge >= 0.3 is 0 Å². The van der Waals surface area contributed by atoms with Crippen LogP contribution in [-0.2, 0) is 6.54 Å². The number of carbonyl (C=O) groups is 2. The van der Waals surface area contributed by atoms with Gasteiger partial charge in [0.2, 0.25) is 0 Å². The summed E-state index contributed by atoms with van der Waals surface area (Å²) in [6, 6.07) is 16.6. The molecule has 0 bridgehead atoms. The molecule has 3 aromatic rings. The number of nitrogens with zero attached hydrogens (tertiary/aromatic N) is 3. The Labute approximate surface area is 136 Å². The number of hydrogen-bond acceptors (Lipinski definition) is 5. The van der Waals surface area contributed by atoms with Gasteiger partial charge in [0.1, 0.15) is 10.0 Å². The highest BCUT2D eigenvalue weighted by atomic mass is 32.1. The number of aromatic nitrogens is 2. The lowest BCUT2D eigenvalue weighted by atomic mass is 10.1. The van der Waals surface area contributed by atoms with Crippen LogP contribution in [0, 0.1) is 0 Å². The van der Waals surface area contributed by atoms with E-state index < -0.39 is 0 Å². The van der Waals surface area contributed by atoms with Crippen LogP contribution in [0.15, 0.2) is 54.6 Å². The van der Waals surface area contributed by atoms with Gasteiger partial charge in [0.25, 0.3) is 11.8 Å². The first-order valence-corrected chi connectivity index (χ1v) is 7.89. The Morgan fingerprint density at radius 2 is 1.43 bits per heavy atom. The van der Waals surface area contributed by atoms with Gasteiger partial charge in [0.15, 0.2) is 0 Å². The van der Waals surface area contributed by atoms with E-state index in [9.17, 15) is 9.59 Å². The zero-order chi connectivity index (χ0) is 15.8. The second kappa shape index (κ2) is 5.40. The average molecular weight is 321 g/mol. The predicted octanol–water partition coefficient (Wildman–Crippen LogP) is 3.00. The smallest absolute Gasteiger partial charge is 0.261 e. The molecule has 2 aromatic carbocycles. The first-order chi connectivity index (χ1) is 11.2. The van der Waals surface area contributed by atoms with Crippen LogP contribution in [0.4, 0.5) is 0 Å². The van der Waals surface area contributed by atoms with E-state index in [0.717, 1.165) is 10.6 Å². The molecule has 0 radical (unpaired) electrons. The molecule has 5 nitrogen and oxygen atoms in total. The molecule has 2 amide bonds. The normalized spacial score (nSPS) is 13.5. The highest BCUT2D eigenvalue weighted by molar-refractivity contribution is 7.14. The van der Waals surface area contributed by atoms with E-state index in [1.165, 1.54) is 16.2 Å². The Morgan fingerprint density at radius 3 is 2.09 bits per heavy atom. The number of amides is 2. The fraction of sp³-hybridized carbons (Fsp3) is 0.0588. The molecule has 4 rings (SSSR count). The number of carbonyl (C=O) groups excluding carboxylic acids is 2. The van der Waals surface area contributed by atoms with Crippen molar-refractivity contribution in [2.75, 3.05) is 0 Å². The number of rotatable bonds is 3. The van der Waals surface area contributed by atoms with E-state index >= 15 is 0 Å². The molecule has 0 saturated heterocycles. The minimum Gasteiger partial charge on any atom is -0.269 e. The average Bonchev–Trinajstić information content (AvgIpc) is 3.16. The Hall–Kier alpha value is -2.86. The van der Waals surface area contributed by atoms with Crippen molar-refractivity contribution in [2.45, 2.75) is 6.54 Å². The molecular weight excluding hydrogens is 310 g/mol. The van der Waals surface area contributed by atoms with E-state index in [0.29, 0.717) is 16.1 Å². The van der Waals surface area contributed by atoms with Gasteiger partial charge in [0, 0.05) is 5.56 Å². The molecule has 0 fully saturated rings. The Bertz CT molecular complexity index is 870. The monoisotopic (exact) mass is 321 g/mol. The van der Waals surface area contributed by atoms with Crippen molar-refractivity contribution in [1.82, 2.24) is 15.1 Å². The zero-order valence-corrected chi connectivity index (χ0v) is 12.8. The standard InChI is InChI=1S/C17H11N3O2S/c21-16-12-8-4-5-9-13(12)17(22)20(16)10-14-18-19-15(23-14)11-6-2-1-3-7-11/h1-9H,10H2. The Morgan fingerprint density at radius 1 is 0.826 bits per heavy atom. The van der Waals surface area contributed by atoms with Crippen LogP contribution < -0.4 is 0 Å². The van der Waals surface area contributed by atoms with Gasteiger partial charge in [-0.25, -0.2) is 0 Å². The molecule has 6 heteroatoms. The van der Waals surface area contributed by atoms with Crippen molar-refractivity contribution in [2.24, 2.45) is 0 Å². The van der Waals surface area contributed by atoms with Crippen LogP contribution in [0.3, 0.4) is 0 Å². The van der Waals surface area contributed by atoms with Crippen LogP contribution >= 0.6 is 11.3 Å². The molecule has 0 atom stereocenters. The summed E-state index contributed by atoms with van der Waals surface area (Å²) in [6.07, 6.45) is 0. The Kier molecular flexibility index (Phi) is 3.24. The summed E-state index contributed by atoms with van der Waals surface area (Å²) in [7, 11) is 0. The number of benzene rings is 2. The maximum Gasteiger partial charge on any atom is 0.261 e. The van der Waals surface area contributed by atoms with Crippen LogP contribution in [0.1, 0.15) is 25.7 Å². The molecule has 0 spiro atoms. The fourth-order valence-electron chi connectivity index (χ4n) is 2.53. The minimum atomic E-state index is -0.276. The lowest BCUT2D eigenvalue weighted by Crippen LogP contribution is -2.29. The summed E-state index contributed by atoms with van der Waals surface area (Å²) in [4.78, 5) is 25.9. The summed E-state index contributed by atoms with van der Waals surface area (Å²) in [5, 5.41) is 9.67. The molecule has 0 N–H and O–H groups in total. The van der Waals surface area contributed by atoms with Crippen molar-refractivity contribution >= 4 is 23.2 Å². The maximum absolute atomic E-state index is 12.3. The second-order valence-corrected chi connectivity index (χ2v) is 6.17. The number of hydrogen-bond donors (Lipinski definition) is 0. The van der Waals surface area contributed by atoms with Crippen LogP contribution in [0.5, 0.6) is 0 Å². The van der Waals surface area contributed by atoms with Crippen molar-refractivity contribution in [3.63, 3.8) is 0 Å². The topological polar surface area (TPSA) is 63.2 Å². The highest BCUT2D eigenvalue weighted by Gasteiger charge is 2.35. The van der Waals surface area contributed by atoms with Crippen LogP contribution in [0.25, 0.3) is 10.6 Å². The summed E-state index contributed by atoms with van der Waals surface area (Å²) in [5.41, 5.74) is 1.87. The van der Waals surface area contributed by atoms with E-state index in [1.54, 1.807) is 24.3 Å². The first kappa shape index (κ1) is 13.8. The Balaban J connectivity index is 1.60. The summed E-state index contributed by atoms with van der Waals surface area (Å²) >= 11 is 1.39. The molecular formula is C17H11N3O2S. The van der Waals surface area contributed by atoms with Gasteiger partial charge in [-0.05, 0) is 12.1 Å². The molecule has 1 aliphatic rings. The largest absolute Gasteiger partial charge is 0.269 e. The molecule has 23 heavy (non-hydrogen) atoms. The van der Waals surface area contributed by atoms with Gasteiger partial charge in [-0.2, -0.15) is 0 Å². The third-order valence-corrected chi connectivity index (χ3v) is 4.62. The molecule has 1 aromatic heterocycles. The molecule has 0 unspecified atom stereocenters. The van der Waals surface area contributed by atoms with E-state index in [-0.39, 0.29) is 18.4 Å². The van der Waals surface area contributed by atoms with Crippen molar-refractivity contribution in [3.8, 4) is 10.6 Å². The molecule has 2 heterocycles.